The van der Waals surface area contributed by atoms with Gasteiger partial charge in [-0.25, -0.2) is 0 Å². The summed E-state index contributed by atoms with van der Waals surface area (Å²) >= 11 is 0. The zero-order valence-corrected chi connectivity index (χ0v) is 44.3. The fourth-order valence-corrected chi connectivity index (χ4v) is 8.65. The van der Waals surface area contributed by atoms with Gasteiger partial charge in [-0.05, 0) is 57.8 Å². The number of carbonyl (C=O) groups excluding carboxylic acids is 1. The van der Waals surface area contributed by atoms with Crippen LogP contribution in [0.3, 0.4) is 0 Å². The number of phosphoric ester groups is 1. The molecule has 0 fully saturated rings. The first-order chi connectivity index (χ1) is 31.5. The number of aliphatic hydroxyl groups is 1. The van der Waals surface area contributed by atoms with E-state index in [-0.39, 0.29) is 19.1 Å². The van der Waals surface area contributed by atoms with E-state index in [1.165, 1.54) is 180 Å². The number of hydrogen-bond donors (Lipinski definition) is 2. The lowest BCUT2D eigenvalue weighted by Crippen LogP contribution is -2.45. The van der Waals surface area contributed by atoms with Crippen LogP contribution in [0.4, 0.5) is 0 Å². The Morgan fingerprint density at radius 1 is 0.538 bits per heavy atom. The number of phosphoric acid groups is 1. The second-order valence-electron chi connectivity index (χ2n) is 19.9. The van der Waals surface area contributed by atoms with Gasteiger partial charge in [-0.15, -0.1) is 0 Å². The van der Waals surface area contributed by atoms with Crippen LogP contribution in [0.25, 0.3) is 0 Å². The van der Waals surface area contributed by atoms with Crippen LogP contribution >= 0.6 is 7.82 Å². The van der Waals surface area contributed by atoms with Crippen molar-refractivity contribution in [2.45, 2.75) is 264 Å². The van der Waals surface area contributed by atoms with E-state index in [9.17, 15) is 19.4 Å². The summed E-state index contributed by atoms with van der Waals surface area (Å²) in [4.78, 5) is 25.4. The van der Waals surface area contributed by atoms with Crippen LogP contribution in [0.1, 0.15) is 251 Å². The Bertz CT molecular complexity index is 1200. The van der Waals surface area contributed by atoms with E-state index in [0.29, 0.717) is 17.4 Å². The molecule has 0 aliphatic heterocycles. The van der Waals surface area contributed by atoms with E-state index in [0.717, 1.165) is 51.4 Å². The normalized spacial score (nSPS) is 14.4. The first-order valence-electron chi connectivity index (χ1n) is 27.5. The number of amides is 1. The molecule has 3 atom stereocenters. The summed E-state index contributed by atoms with van der Waals surface area (Å²) in [6.45, 7) is 4.64. The number of quaternary nitrogens is 1. The van der Waals surface area contributed by atoms with Gasteiger partial charge >= 0.3 is 0 Å². The topological polar surface area (TPSA) is 108 Å². The fraction of sp³-hybridized carbons (Fsp3) is 0.839. The summed E-state index contributed by atoms with van der Waals surface area (Å²) in [5.74, 6) is -0.197. The highest BCUT2D eigenvalue weighted by Gasteiger charge is 2.23. The molecule has 0 aliphatic carbocycles. The Hall–Kier alpha value is -1.54. The molecule has 1 amide bonds. The van der Waals surface area contributed by atoms with Crippen molar-refractivity contribution in [2.75, 3.05) is 40.9 Å². The Balaban J connectivity index is 4.06. The van der Waals surface area contributed by atoms with Crippen molar-refractivity contribution in [1.82, 2.24) is 5.32 Å². The lowest BCUT2D eigenvalue weighted by atomic mass is 10.0. The molecule has 0 aliphatic rings. The summed E-state index contributed by atoms with van der Waals surface area (Å²) in [5.41, 5.74) is 0. The van der Waals surface area contributed by atoms with Gasteiger partial charge in [0.1, 0.15) is 13.2 Å². The molecule has 2 N–H and O–H groups in total. The highest BCUT2D eigenvalue weighted by Crippen LogP contribution is 2.38. The van der Waals surface area contributed by atoms with Gasteiger partial charge in [-0.2, -0.15) is 0 Å². The van der Waals surface area contributed by atoms with E-state index >= 15 is 0 Å². The maximum absolute atomic E-state index is 12.9. The molecule has 0 aromatic carbocycles. The second-order valence-corrected chi connectivity index (χ2v) is 21.3. The molecule has 65 heavy (non-hydrogen) atoms. The monoisotopic (exact) mass is 935 g/mol. The van der Waals surface area contributed by atoms with E-state index in [4.69, 9.17) is 9.05 Å². The maximum Gasteiger partial charge on any atom is 0.268 e. The molecule has 0 saturated heterocycles. The predicted molar refractivity (Wildman–Crippen MR) is 279 cm³/mol. The van der Waals surface area contributed by atoms with E-state index < -0.39 is 20.0 Å². The van der Waals surface area contributed by atoms with Crippen LogP contribution in [-0.2, 0) is 18.4 Å². The number of aliphatic hydroxyl groups excluding tert-OH is 1. The molecule has 0 radical (unpaired) electrons. The smallest absolute Gasteiger partial charge is 0.268 e. The minimum atomic E-state index is -4.59. The zero-order valence-electron chi connectivity index (χ0n) is 43.4. The highest BCUT2D eigenvalue weighted by molar-refractivity contribution is 7.45. The summed E-state index contributed by atoms with van der Waals surface area (Å²) in [7, 11) is 1.26. The average Bonchev–Trinajstić information content (AvgIpc) is 3.26. The lowest BCUT2D eigenvalue weighted by molar-refractivity contribution is -0.870. The van der Waals surface area contributed by atoms with Gasteiger partial charge in [0, 0.05) is 6.42 Å². The minimum absolute atomic E-state index is 0.000992. The number of unbranched alkanes of at least 4 members (excludes halogenated alkanes) is 31. The quantitative estimate of drug-likeness (QED) is 0.0272. The van der Waals surface area contributed by atoms with Crippen molar-refractivity contribution in [1.29, 1.82) is 0 Å². The van der Waals surface area contributed by atoms with Crippen LogP contribution in [0.5, 0.6) is 0 Å². The van der Waals surface area contributed by atoms with Crippen molar-refractivity contribution in [3.63, 3.8) is 0 Å². The third-order valence-electron chi connectivity index (χ3n) is 12.3. The van der Waals surface area contributed by atoms with Crippen LogP contribution in [-0.4, -0.2) is 68.5 Å². The second kappa shape index (κ2) is 47.5. The first-order valence-corrected chi connectivity index (χ1v) is 29.0. The largest absolute Gasteiger partial charge is 0.756 e. The standard InChI is InChI=1S/C56H107N2O6P/c1-6-8-10-12-14-16-18-20-21-22-23-24-25-26-27-28-29-30-31-32-33-34-35-36-37-38-40-42-44-46-48-50-56(60)57-54(53-64-65(61,62)63-52-51-58(3,4)5)55(59)49-47-45-43-41-39-19-17-15-13-11-9-7-2/h18,20,22-23,25-26,47,49,54-55,59H,6-17,19,21,24,27-46,48,50-53H2,1-5H3,(H-,57,60,61,62)/b20-18-,23-22-,26-25-,49-47+. The molecular formula is C56H107N2O6P. The number of nitrogens with zero attached hydrogens (tertiary/aromatic N) is 1. The SMILES string of the molecule is CCCCCCC/C=C\C/C=C\C/C=C\CCCCCCCCCCCCCCCCCCC(=O)NC(COP(=O)([O-])OCC[N+](C)(C)C)C(O)/C=C/CCCCCCCCCCCC. The van der Waals surface area contributed by atoms with Gasteiger partial charge in [0.15, 0.2) is 0 Å². The zero-order chi connectivity index (χ0) is 47.8. The van der Waals surface area contributed by atoms with Gasteiger partial charge in [-0.1, -0.05) is 236 Å². The number of rotatable bonds is 50. The molecule has 0 spiro atoms. The third kappa shape index (κ3) is 50.2. The Morgan fingerprint density at radius 2 is 0.892 bits per heavy atom. The number of likely N-dealkylation sites (N-methyl/N-ethyl adjacent to an activating group) is 1. The van der Waals surface area contributed by atoms with Crippen molar-refractivity contribution >= 4 is 13.7 Å². The Labute approximate surface area is 403 Å². The highest BCUT2D eigenvalue weighted by atomic mass is 31.2. The Morgan fingerprint density at radius 3 is 1.29 bits per heavy atom. The van der Waals surface area contributed by atoms with E-state index in [2.05, 4.69) is 55.6 Å². The molecule has 0 rings (SSSR count). The van der Waals surface area contributed by atoms with Crippen LogP contribution in [0.15, 0.2) is 48.6 Å². The van der Waals surface area contributed by atoms with Gasteiger partial charge in [0.05, 0.1) is 39.9 Å². The molecule has 8 nitrogen and oxygen atoms in total. The Kier molecular flexibility index (Phi) is 46.4. The fourth-order valence-electron chi connectivity index (χ4n) is 7.93. The predicted octanol–water partition coefficient (Wildman–Crippen LogP) is 15.7. The van der Waals surface area contributed by atoms with E-state index in [1.807, 2.05) is 27.2 Å². The van der Waals surface area contributed by atoms with Gasteiger partial charge in [-0.3, -0.25) is 9.36 Å². The lowest BCUT2D eigenvalue weighted by Gasteiger charge is -2.29. The van der Waals surface area contributed by atoms with Crippen molar-refractivity contribution in [3.05, 3.63) is 48.6 Å². The van der Waals surface area contributed by atoms with Gasteiger partial charge in [0.25, 0.3) is 7.82 Å². The molecule has 3 unspecified atom stereocenters. The van der Waals surface area contributed by atoms with Crippen molar-refractivity contribution in [2.24, 2.45) is 0 Å². The number of allylic oxidation sites excluding steroid dienone is 7. The molecule has 9 heteroatoms. The van der Waals surface area contributed by atoms with Crippen LogP contribution in [0.2, 0.25) is 0 Å². The maximum atomic E-state index is 12.9. The van der Waals surface area contributed by atoms with Crippen LogP contribution < -0.4 is 10.2 Å². The number of carbonyl (C=O) groups is 1. The summed E-state index contributed by atoms with van der Waals surface area (Å²) in [5, 5.41) is 13.8. The molecule has 0 aromatic rings. The third-order valence-corrected chi connectivity index (χ3v) is 13.2. The molecule has 382 valence electrons. The van der Waals surface area contributed by atoms with Crippen LogP contribution in [0, 0.1) is 0 Å². The number of nitrogens with one attached hydrogen (secondary N) is 1. The summed E-state index contributed by atoms with van der Waals surface area (Å²) < 4.78 is 23.3. The summed E-state index contributed by atoms with van der Waals surface area (Å²) in [6, 6.07) is -0.885. The molecule has 0 aromatic heterocycles. The van der Waals surface area contributed by atoms with Crippen molar-refractivity contribution < 1.29 is 32.9 Å². The van der Waals surface area contributed by atoms with Crippen molar-refractivity contribution in [3.8, 4) is 0 Å². The van der Waals surface area contributed by atoms with Gasteiger partial charge in [0.2, 0.25) is 5.91 Å². The molecular weight excluding hydrogens is 828 g/mol. The molecule has 0 heterocycles. The van der Waals surface area contributed by atoms with Gasteiger partial charge < -0.3 is 28.8 Å². The molecule has 0 saturated carbocycles. The first kappa shape index (κ1) is 63.5. The average molecular weight is 935 g/mol. The van der Waals surface area contributed by atoms with E-state index in [1.54, 1.807) is 6.08 Å². The molecule has 0 bridgehead atoms. The number of hydrogen-bond acceptors (Lipinski definition) is 6. The summed E-state index contributed by atoms with van der Waals surface area (Å²) in [6.07, 6.45) is 61.9. The minimum Gasteiger partial charge on any atom is -0.756 e.